The second kappa shape index (κ2) is 5.78. The van der Waals surface area contributed by atoms with E-state index >= 15 is 0 Å². The maximum absolute atomic E-state index is 12.7. The number of hydrogen-bond donors (Lipinski definition) is 1. The summed E-state index contributed by atoms with van der Waals surface area (Å²) in [6.07, 6.45) is -12.3. The van der Waals surface area contributed by atoms with Gasteiger partial charge in [0.05, 0.1) is 0 Å². The van der Waals surface area contributed by atoms with Crippen LogP contribution in [0.25, 0.3) is 0 Å². The molecule has 0 aliphatic heterocycles. The molecular weight excluding hydrogens is 292 g/mol. The molecule has 0 aliphatic carbocycles. The molecule has 2 N–H and O–H groups in total. The molecule has 0 saturated carbocycles. The zero-order valence-corrected chi connectivity index (χ0v) is 10.1. The Balaban J connectivity index is 3.02. The number of halogens is 6. The molecule has 0 fully saturated rings. The van der Waals surface area contributed by atoms with Crippen LogP contribution in [-0.4, -0.2) is 24.7 Å². The third-order valence-corrected chi connectivity index (χ3v) is 2.13. The largest absolute Gasteiger partial charge is 0.573 e. The molecule has 0 heterocycles. The SMILES string of the molecule is CC(N)C(Oc1ccccc1OC(F)(F)F)C(F)(F)F. The number of alkyl halides is 6. The molecule has 0 spiro atoms. The van der Waals surface area contributed by atoms with Gasteiger partial charge in [-0.3, -0.25) is 0 Å². The number of benzene rings is 1. The maximum atomic E-state index is 12.7. The minimum Gasteiger partial charge on any atom is -0.475 e. The van der Waals surface area contributed by atoms with Crippen LogP contribution in [0.3, 0.4) is 0 Å². The molecule has 0 saturated heterocycles. The first-order chi connectivity index (χ1) is 9.00. The van der Waals surface area contributed by atoms with Gasteiger partial charge in [-0.1, -0.05) is 12.1 Å². The second-order valence-electron chi connectivity index (χ2n) is 3.93. The normalized spacial score (nSPS) is 15.6. The van der Waals surface area contributed by atoms with Crippen molar-refractivity contribution in [1.29, 1.82) is 0 Å². The lowest BCUT2D eigenvalue weighted by Crippen LogP contribution is -2.47. The molecule has 1 aromatic carbocycles. The van der Waals surface area contributed by atoms with Crippen LogP contribution in [0, 0.1) is 0 Å². The van der Waals surface area contributed by atoms with Crippen LogP contribution in [0.2, 0.25) is 0 Å². The van der Waals surface area contributed by atoms with Crippen molar-refractivity contribution >= 4 is 0 Å². The van der Waals surface area contributed by atoms with E-state index in [2.05, 4.69) is 9.47 Å². The quantitative estimate of drug-likeness (QED) is 0.868. The fraction of sp³-hybridized carbons (Fsp3) is 0.455. The van der Waals surface area contributed by atoms with Gasteiger partial charge in [0.2, 0.25) is 6.10 Å². The highest BCUT2D eigenvalue weighted by atomic mass is 19.4. The summed E-state index contributed by atoms with van der Waals surface area (Å²) in [6, 6.07) is 2.70. The lowest BCUT2D eigenvalue weighted by Gasteiger charge is -2.25. The van der Waals surface area contributed by atoms with E-state index in [1.54, 1.807) is 0 Å². The van der Waals surface area contributed by atoms with Crippen LogP contribution < -0.4 is 15.2 Å². The summed E-state index contributed by atoms with van der Waals surface area (Å²) in [7, 11) is 0. The van der Waals surface area contributed by atoms with Crippen molar-refractivity contribution in [3.8, 4) is 11.5 Å². The van der Waals surface area contributed by atoms with Crippen molar-refractivity contribution in [3.63, 3.8) is 0 Å². The Morgan fingerprint density at radius 3 is 1.90 bits per heavy atom. The van der Waals surface area contributed by atoms with Gasteiger partial charge in [-0.25, -0.2) is 0 Å². The van der Waals surface area contributed by atoms with Crippen LogP contribution in [0.15, 0.2) is 24.3 Å². The van der Waals surface area contributed by atoms with Crippen LogP contribution >= 0.6 is 0 Å². The Morgan fingerprint density at radius 1 is 1.00 bits per heavy atom. The Bertz CT molecular complexity index is 443. The monoisotopic (exact) mass is 303 g/mol. The Labute approximate surface area is 110 Å². The van der Waals surface area contributed by atoms with Gasteiger partial charge in [-0.2, -0.15) is 13.2 Å². The zero-order chi connectivity index (χ0) is 15.6. The van der Waals surface area contributed by atoms with Crippen molar-refractivity contribution < 1.29 is 35.8 Å². The average molecular weight is 303 g/mol. The molecule has 9 heteroatoms. The van der Waals surface area contributed by atoms with Crippen LogP contribution in [-0.2, 0) is 0 Å². The molecule has 2 unspecified atom stereocenters. The summed E-state index contributed by atoms with van der Waals surface area (Å²) in [5.41, 5.74) is 5.14. The minimum absolute atomic E-state index is 0.690. The van der Waals surface area contributed by atoms with Gasteiger partial charge in [-0.05, 0) is 19.1 Å². The molecule has 114 valence electrons. The van der Waals surface area contributed by atoms with Gasteiger partial charge in [0.25, 0.3) is 0 Å². The van der Waals surface area contributed by atoms with Crippen molar-refractivity contribution in [1.82, 2.24) is 0 Å². The number of ether oxygens (including phenoxy) is 2. The lowest BCUT2D eigenvalue weighted by atomic mass is 10.2. The van der Waals surface area contributed by atoms with E-state index in [1.807, 2.05) is 0 Å². The molecule has 0 radical (unpaired) electrons. The van der Waals surface area contributed by atoms with Crippen LogP contribution in [0.1, 0.15) is 6.92 Å². The fourth-order valence-electron chi connectivity index (χ4n) is 1.37. The molecule has 0 amide bonds. The molecular formula is C11H11F6NO2. The lowest BCUT2D eigenvalue weighted by molar-refractivity contribution is -0.275. The van der Waals surface area contributed by atoms with E-state index in [4.69, 9.17) is 5.73 Å². The summed E-state index contributed by atoms with van der Waals surface area (Å²) in [6.45, 7) is 1.03. The van der Waals surface area contributed by atoms with Gasteiger partial charge in [0, 0.05) is 6.04 Å². The summed E-state index contributed by atoms with van der Waals surface area (Å²) in [5.74, 6) is -1.56. The number of hydrogen-bond acceptors (Lipinski definition) is 3. The summed E-state index contributed by atoms with van der Waals surface area (Å²) >= 11 is 0. The minimum atomic E-state index is -5.04. The first kappa shape index (κ1) is 16.4. The van der Waals surface area contributed by atoms with Crippen LogP contribution in [0.5, 0.6) is 11.5 Å². The van der Waals surface area contributed by atoms with Crippen molar-refractivity contribution in [2.45, 2.75) is 31.6 Å². The number of rotatable bonds is 4. The Morgan fingerprint density at radius 2 is 1.50 bits per heavy atom. The van der Waals surface area contributed by atoms with E-state index in [0.29, 0.717) is 0 Å². The average Bonchev–Trinajstić information content (AvgIpc) is 2.23. The predicted molar refractivity (Wildman–Crippen MR) is 57.2 cm³/mol. The molecule has 1 rings (SSSR count). The van der Waals surface area contributed by atoms with Crippen LogP contribution in [0.4, 0.5) is 26.3 Å². The summed E-state index contributed by atoms with van der Waals surface area (Å²) in [5, 5.41) is 0. The van der Waals surface area contributed by atoms with Gasteiger partial charge in [0.1, 0.15) is 0 Å². The molecule has 3 nitrogen and oxygen atoms in total. The van der Waals surface area contributed by atoms with E-state index in [9.17, 15) is 26.3 Å². The highest BCUT2D eigenvalue weighted by molar-refractivity contribution is 5.39. The van der Waals surface area contributed by atoms with E-state index in [1.165, 1.54) is 12.1 Å². The maximum Gasteiger partial charge on any atom is 0.573 e. The molecule has 0 aliphatic rings. The van der Waals surface area contributed by atoms with Gasteiger partial charge < -0.3 is 15.2 Å². The van der Waals surface area contributed by atoms with Crippen molar-refractivity contribution in [3.05, 3.63) is 24.3 Å². The molecule has 0 bridgehead atoms. The molecule has 0 aromatic heterocycles. The highest BCUT2D eigenvalue weighted by Crippen LogP contribution is 2.35. The Kier molecular flexibility index (Phi) is 4.74. The topological polar surface area (TPSA) is 44.5 Å². The van der Waals surface area contributed by atoms with E-state index in [-0.39, 0.29) is 0 Å². The van der Waals surface area contributed by atoms with E-state index < -0.39 is 36.2 Å². The van der Waals surface area contributed by atoms with Gasteiger partial charge in [0.15, 0.2) is 11.5 Å². The van der Waals surface area contributed by atoms with Gasteiger partial charge in [-0.15, -0.1) is 13.2 Å². The molecule has 2 atom stereocenters. The Hall–Kier alpha value is -1.64. The first-order valence-corrected chi connectivity index (χ1v) is 5.34. The smallest absolute Gasteiger partial charge is 0.475 e. The van der Waals surface area contributed by atoms with Gasteiger partial charge >= 0.3 is 12.5 Å². The fourth-order valence-corrected chi connectivity index (χ4v) is 1.37. The standard InChI is InChI=1S/C11H11F6NO2/c1-6(18)9(10(12,13)14)19-7-4-2-3-5-8(7)20-11(15,16)17/h2-6,9H,18H2,1H3. The summed E-state index contributed by atoms with van der Waals surface area (Å²) < 4.78 is 82.5. The zero-order valence-electron chi connectivity index (χ0n) is 10.1. The number of nitrogens with two attached hydrogens (primary N) is 1. The summed E-state index contributed by atoms with van der Waals surface area (Å²) in [4.78, 5) is 0. The first-order valence-electron chi connectivity index (χ1n) is 5.34. The van der Waals surface area contributed by atoms with Crippen molar-refractivity contribution in [2.24, 2.45) is 5.73 Å². The number of para-hydroxylation sites is 2. The molecule has 1 aromatic rings. The van der Waals surface area contributed by atoms with Crippen molar-refractivity contribution in [2.75, 3.05) is 0 Å². The highest BCUT2D eigenvalue weighted by Gasteiger charge is 2.45. The third-order valence-electron chi connectivity index (χ3n) is 2.13. The predicted octanol–water partition coefficient (Wildman–Crippen LogP) is 3.24. The second-order valence-corrected chi connectivity index (χ2v) is 3.93. The molecule has 20 heavy (non-hydrogen) atoms. The third kappa shape index (κ3) is 4.80. The van der Waals surface area contributed by atoms with E-state index in [0.717, 1.165) is 19.1 Å².